The molecule has 2 N–H and O–H groups in total. The molecular weight excluding hydrogens is 284 g/mol. The van der Waals surface area contributed by atoms with Crippen LogP contribution in [-0.4, -0.2) is 40.8 Å². The van der Waals surface area contributed by atoms with E-state index in [1.165, 1.54) is 33.3 Å². The smallest absolute Gasteiger partial charge is 0.241 e. The molecule has 1 aromatic rings. The summed E-state index contributed by atoms with van der Waals surface area (Å²) < 4.78 is 34.9. The molecule has 0 aliphatic heterocycles. The van der Waals surface area contributed by atoms with Crippen molar-refractivity contribution in [3.63, 3.8) is 0 Å². The summed E-state index contributed by atoms with van der Waals surface area (Å²) in [6.07, 6.45) is 1.00. The number of nitrogens with two attached hydrogens (primary N) is 1. The molecule has 0 spiro atoms. The fraction of sp³-hybridized carbons (Fsp3) is 0.417. The van der Waals surface area contributed by atoms with E-state index >= 15 is 0 Å². The van der Waals surface area contributed by atoms with E-state index in [4.69, 9.17) is 15.2 Å². The Morgan fingerprint density at radius 2 is 1.80 bits per heavy atom. The van der Waals surface area contributed by atoms with Gasteiger partial charge in [0.1, 0.15) is 6.04 Å². The van der Waals surface area contributed by atoms with Crippen LogP contribution in [0.4, 0.5) is 5.69 Å². The van der Waals surface area contributed by atoms with Crippen LogP contribution in [0, 0.1) is 0 Å². The summed E-state index contributed by atoms with van der Waals surface area (Å²) in [5, 5.41) is 0. The van der Waals surface area contributed by atoms with Gasteiger partial charge in [-0.2, -0.15) is 0 Å². The summed E-state index contributed by atoms with van der Waals surface area (Å²) >= 11 is 0. The maximum atomic E-state index is 11.9. The third-order valence-corrected chi connectivity index (χ3v) is 3.98. The van der Waals surface area contributed by atoms with Crippen LogP contribution < -0.4 is 19.5 Å². The summed E-state index contributed by atoms with van der Waals surface area (Å²) in [4.78, 5) is 11.3. The third kappa shape index (κ3) is 3.32. The van der Waals surface area contributed by atoms with E-state index in [-0.39, 0.29) is 5.69 Å². The van der Waals surface area contributed by atoms with Gasteiger partial charge in [-0.05, 0) is 19.1 Å². The molecule has 0 heterocycles. The lowest BCUT2D eigenvalue weighted by atomic mass is 10.2. The zero-order valence-electron chi connectivity index (χ0n) is 11.8. The normalized spacial score (nSPS) is 12.6. The SMILES string of the molecule is COc1ccc(N([C@H](C)C(N)=O)S(C)(=O)=O)cc1OC. The summed E-state index contributed by atoms with van der Waals surface area (Å²) in [5.74, 6) is 0.0666. The number of hydrogen-bond donors (Lipinski definition) is 1. The molecule has 1 atom stereocenters. The Balaban J connectivity index is 3.39. The molecule has 0 aliphatic carbocycles. The minimum Gasteiger partial charge on any atom is -0.493 e. The minimum absolute atomic E-state index is 0.274. The van der Waals surface area contributed by atoms with Crippen LogP contribution in [0.15, 0.2) is 18.2 Å². The van der Waals surface area contributed by atoms with Crippen LogP contribution in [0.5, 0.6) is 11.5 Å². The highest BCUT2D eigenvalue weighted by atomic mass is 32.2. The second-order valence-electron chi connectivity index (χ2n) is 4.18. The van der Waals surface area contributed by atoms with Gasteiger partial charge in [0.2, 0.25) is 15.9 Å². The van der Waals surface area contributed by atoms with E-state index < -0.39 is 22.0 Å². The molecule has 20 heavy (non-hydrogen) atoms. The van der Waals surface area contributed by atoms with Gasteiger partial charge in [0.05, 0.1) is 26.2 Å². The quantitative estimate of drug-likeness (QED) is 0.817. The first-order valence-corrected chi connectivity index (χ1v) is 7.58. The zero-order chi connectivity index (χ0) is 15.5. The van der Waals surface area contributed by atoms with Crippen molar-refractivity contribution in [3.05, 3.63) is 18.2 Å². The molecule has 0 aliphatic rings. The van der Waals surface area contributed by atoms with Gasteiger partial charge in [0, 0.05) is 6.07 Å². The second kappa shape index (κ2) is 6.00. The Bertz CT molecular complexity index is 600. The molecular formula is C12H18N2O5S. The van der Waals surface area contributed by atoms with Crippen molar-refractivity contribution in [1.82, 2.24) is 0 Å². The number of rotatable bonds is 6. The predicted molar refractivity (Wildman–Crippen MR) is 75.5 cm³/mol. The van der Waals surface area contributed by atoms with Crippen molar-refractivity contribution in [2.24, 2.45) is 5.73 Å². The van der Waals surface area contributed by atoms with Gasteiger partial charge in [0.25, 0.3) is 0 Å². The van der Waals surface area contributed by atoms with E-state index in [0.29, 0.717) is 11.5 Å². The van der Waals surface area contributed by atoms with E-state index in [0.717, 1.165) is 10.6 Å². The van der Waals surface area contributed by atoms with E-state index in [1.807, 2.05) is 0 Å². The van der Waals surface area contributed by atoms with Gasteiger partial charge >= 0.3 is 0 Å². The Morgan fingerprint density at radius 1 is 1.25 bits per heavy atom. The molecule has 0 radical (unpaired) electrons. The first kappa shape index (κ1) is 16.1. The number of hydrogen-bond acceptors (Lipinski definition) is 5. The van der Waals surface area contributed by atoms with E-state index in [1.54, 1.807) is 6.07 Å². The fourth-order valence-electron chi connectivity index (χ4n) is 1.78. The lowest BCUT2D eigenvalue weighted by molar-refractivity contribution is -0.118. The Labute approximate surface area is 118 Å². The predicted octanol–water partition coefficient (Wildman–Crippen LogP) is 0.344. The Hall–Kier alpha value is -1.96. The first-order chi connectivity index (χ1) is 9.22. The molecule has 0 fully saturated rings. The monoisotopic (exact) mass is 302 g/mol. The molecule has 7 nitrogen and oxygen atoms in total. The summed E-state index contributed by atoms with van der Waals surface area (Å²) in [6, 6.07) is 3.53. The van der Waals surface area contributed by atoms with Crippen molar-refractivity contribution in [1.29, 1.82) is 0 Å². The van der Waals surface area contributed by atoms with Gasteiger partial charge in [-0.1, -0.05) is 0 Å². The van der Waals surface area contributed by atoms with Gasteiger partial charge in [-0.15, -0.1) is 0 Å². The first-order valence-electron chi connectivity index (χ1n) is 5.73. The largest absolute Gasteiger partial charge is 0.493 e. The molecule has 1 aromatic carbocycles. The number of carbonyl (C=O) groups excluding carboxylic acids is 1. The Kier molecular flexibility index (Phi) is 4.83. The van der Waals surface area contributed by atoms with Gasteiger partial charge in [0.15, 0.2) is 11.5 Å². The van der Waals surface area contributed by atoms with Crippen molar-refractivity contribution in [2.45, 2.75) is 13.0 Å². The van der Waals surface area contributed by atoms with Crippen molar-refractivity contribution in [2.75, 3.05) is 24.8 Å². The molecule has 8 heteroatoms. The van der Waals surface area contributed by atoms with E-state index in [2.05, 4.69) is 0 Å². The third-order valence-electron chi connectivity index (χ3n) is 2.74. The van der Waals surface area contributed by atoms with E-state index in [9.17, 15) is 13.2 Å². The van der Waals surface area contributed by atoms with Gasteiger partial charge in [-0.25, -0.2) is 8.42 Å². The average Bonchev–Trinajstić information content (AvgIpc) is 2.36. The molecule has 1 amide bonds. The molecule has 0 aromatic heterocycles. The molecule has 0 bridgehead atoms. The van der Waals surface area contributed by atoms with Crippen LogP contribution in [0.1, 0.15) is 6.92 Å². The van der Waals surface area contributed by atoms with Crippen molar-refractivity contribution >= 4 is 21.6 Å². The molecule has 112 valence electrons. The molecule has 1 rings (SSSR count). The number of amides is 1. The Morgan fingerprint density at radius 3 is 2.20 bits per heavy atom. The van der Waals surface area contributed by atoms with Crippen LogP contribution in [-0.2, 0) is 14.8 Å². The number of ether oxygens (including phenoxy) is 2. The second-order valence-corrected chi connectivity index (χ2v) is 6.04. The van der Waals surface area contributed by atoms with Crippen LogP contribution in [0.3, 0.4) is 0 Å². The number of benzene rings is 1. The van der Waals surface area contributed by atoms with Gasteiger partial charge < -0.3 is 15.2 Å². The van der Waals surface area contributed by atoms with Gasteiger partial charge in [-0.3, -0.25) is 9.10 Å². The molecule has 0 saturated carbocycles. The highest BCUT2D eigenvalue weighted by Gasteiger charge is 2.28. The standard InChI is InChI=1S/C12H18N2O5S/c1-8(12(13)15)14(20(4,16)17)9-5-6-10(18-2)11(7-9)19-3/h5-8H,1-4H3,(H2,13,15)/t8-/m1/s1. The highest BCUT2D eigenvalue weighted by molar-refractivity contribution is 7.92. The fourth-order valence-corrected chi connectivity index (χ4v) is 2.95. The maximum Gasteiger partial charge on any atom is 0.241 e. The van der Waals surface area contributed by atoms with Crippen LogP contribution in [0.2, 0.25) is 0 Å². The summed E-state index contributed by atoms with van der Waals surface area (Å²) in [7, 11) is -0.766. The van der Waals surface area contributed by atoms with Crippen molar-refractivity contribution < 1.29 is 22.7 Å². The number of carbonyl (C=O) groups is 1. The number of methoxy groups -OCH3 is 2. The van der Waals surface area contributed by atoms with Crippen molar-refractivity contribution in [3.8, 4) is 11.5 Å². The number of sulfonamides is 1. The average molecular weight is 302 g/mol. The summed E-state index contributed by atoms with van der Waals surface area (Å²) in [5.41, 5.74) is 5.47. The molecule has 0 unspecified atom stereocenters. The lowest BCUT2D eigenvalue weighted by Crippen LogP contribution is -2.45. The van der Waals surface area contributed by atoms with Crippen LogP contribution >= 0.6 is 0 Å². The lowest BCUT2D eigenvalue weighted by Gasteiger charge is -2.27. The highest BCUT2D eigenvalue weighted by Crippen LogP contribution is 2.33. The summed E-state index contributed by atoms with van der Waals surface area (Å²) in [6.45, 7) is 1.42. The van der Waals surface area contributed by atoms with Crippen LogP contribution in [0.25, 0.3) is 0 Å². The minimum atomic E-state index is -3.67. The number of nitrogens with zero attached hydrogens (tertiary/aromatic N) is 1. The molecule has 0 saturated heterocycles. The number of primary amides is 1. The zero-order valence-corrected chi connectivity index (χ0v) is 12.6. The topological polar surface area (TPSA) is 98.9 Å². The number of anilines is 1. The maximum absolute atomic E-state index is 11.9.